The highest BCUT2D eigenvalue weighted by atomic mass is 35.5. The molecule has 0 unspecified atom stereocenters. The van der Waals surface area contributed by atoms with Gasteiger partial charge in [0.2, 0.25) is 5.91 Å². The predicted molar refractivity (Wildman–Crippen MR) is 102 cm³/mol. The summed E-state index contributed by atoms with van der Waals surface area (Å²) >= 11 is 12.3. The Balaban J connectivity index is 1.59. The number of amides is 1. The lowest BCUT2D eigenvalue weighted by molar-refractivity contribution is -0.116. The van der Waals surface area contributed by atoms with Crippen molar-refractivity contribution in [3.05, 3.63) is 64.6 Å². The minimum Gasteiger partial charge on any atom is -0.497 e. The molecule has 5 nitrogen and oxygen atoms in total. The monoisotopic (exact) mass is 390 g/mol. The Hall–Kier alpha value is -2.50. The van der Waals surface area contributed by atoms with E-state index >= 15 is 0 Å². The van der Waals surface area contributed by atoms with Crippen molar-refractivity contribution in [1.29, 1.82) is 0 Å². The number of rotatable bonds is 6. The zero-order chi connectivity index (χ0) is 18.5. The summed E-state index contributed by atoms with van der Waals surface area (Å²) < 4.78 is 10.8. The number of aromatic nitrogens is 1. The Morgan fingerprint density at radius 1 is 1.19 bits per heavy atom. The Morgan fingerprint density at radius 2 is 2.00 bits per heavy atom. The molecule has 0 fully saturated rings. The number of oxazole rings is 1. The second kappa shape index (κ2) is 8.25. The summed E-state index contributed by atoms with van der Waals surface area (Å²) in [4.78, 5) is 16.3. The Labute approximate surface area is 160 Å². The Morgan fingerprint density at radius 3 is 2.73 bits per heavy atom. The quantitative estimate of drug-likeness (QED) is 0.625. The third-order valence-electron chi connectivity index (χ3n) is 3.71. The summed E-state index contributed by atoms with van der Waals surface area (Å²) in [5.74, 6) is 1.48. The average molecular weight is 391 g/mol. The topological polar surface area (TPSA) is 64.4 Å². The first-order valence-electron chi connectivity index (χ1n) is 7.90. The van der Waals surface area contributed by atoms with Gasteiger partial charge in [-0.05, 0) is 24.3 Å². The van der Waals surface area contributed by atoms with Gasteiger partial charge in [0.1, 0.15) is 5.75 Å². The molecule has 7 heteroatoms. The van der Waals surface area contributed by atoms with Crippen LogP contribution in [0.4, 0.5) is 5.69 Å². The molecule has 0 aliphatic rings. The number of halogens is 2. The second-order valence-electron chi connectivity index (χ2n) is 5.49. The molecule has 0 spiro atoms. The summed E-state index contributed by atoms with van der Waals surface area (Å²) in [5, 5.41) is 3.76. The van der Waals surface area contributed by atoms with Gasteiger partial charge in [-0.2, -0.15) is 0 Å². The van der Waals surface area contributed by atoms with E-state index in [0.717, 1.165) is 5.56 Å². The van der Waals surface area contributed by atoms with Gasteiger partial charge < -0.3 is 14.5 Å². The summed E-state index contributed by atoms with van der Waals surface area (Å²) in [7, 11) is 1.55. The zero-order valence-electron chi connectivity index (χ0n) is 14.0. The van der Waals surface area contributed by atoms with E-state index < -0.39 is 0 Å². The number of carbonyl (C=O) groups excluding carboxylic acids is 1. The molecule has 0 atom stereocenters. The number of ether oxygens (including phenoxy) is 1. The first-order valence-corrected chi connectivity index (χ1v) is 8.65. The van der Waals surface area contributed by atoms with E-state index in [9.17, 15) is 4.79 Å². The molecule has 26 heavy (non-hydrogen) atoms. The highest BCUT2D eigenvalue weighted by Gasteiger charge is 2.12. The molecule has 1 amide bonds. The molecular weight excluding hydrogens is 375 g/mol. The van der Waals surface area contributed by atoms with E-state index in [1.807, 2.05) is 18.2 Å². The maximum atomic E-state index is 12.1. The SMILES string of the molecule is COc1ccc(NC(=O)CCc2ncc(-c3ccccc3Cl)o2)c(Cl)c1. The molecule has 1 aromatic heterocycles. The lowest BCUT2D eigenvalue weighted by Crippen LogP contribution is -2.12. The molecule has 0 radical (unpaired) electrons. The van der Waals surface area contributed by atoms with E-state index in [-0.39, 0.29) is 12.3 Å². The fourth-order valence-corrected chi connectivity index (χ4v) is 2.82. The van der Waals surface area contributed by atoms with E-state index in [2.05, 4.69) is 10.3 Å². The summed E-state index contributed by atoms with van der Waals surface area (Å²) in [6.07, 6.45) is 2.18. The zero-order valence-corrected chi connectivity index (χ0v) is 15.5. The molecule has 0 aliphatic carbocycles. The third kappa shape index (κ3) is 4.36. The lowest BCUT2D eigenvalue weighted by Gasteiger charge is -2.08. The van der Waals surface area contributed by atoms with Gasteiger partial charge in [0.15, 0.2) is 11.7 Å². The molecular formula is C19H16Cl2N2O3. The lowest BCUT2D eigenvalue weighted by atomic mass is 10.2. The van der Waals surface area contributed by atoms with Crippen LogP contribution in [-0.2, 0) is 11.2 Å². The minimum absolute atomic E-state index is 0.186. The molecule has 3 rings (SSSR count). The second-order valence-corrected chi connectivity index (χ2v) is 6.31. The Kier molecular flexibility index (Phi) is 5.81. The van der Waals surface area contributed by atoms with Crippen molar-refractivity contribution in [2.45, 2.75) is 12.8 Å². The fraction of sp³-hybridized carbons (Fsp3) is 0.158. The molecule has 1 heterocycles. The molecule has 134 valence electrons. The normalized spacial score (nSPS) is 10.6. The van der Waals surface area contributed by atoms with Gasteiger partial charge in [-0.25, -0.2) is 4.98 Å². The average Bonchev–Trinajstić information content (AvgIpc) is 3.11. The van der Waals surface area contributed by atoms with Crippen LogP contribution >= 0.6 is 23.2 Å². The number of methoxy groups -OCH3 is 1. The van der Waals surface area contributed by atoms with E-state index in [1.165, 1.54) is 0 Å². The van der Waals surface area contributed by atoms with Gasteiger partial charge in [0.05, 0.1) is 29.0 Å². The van der Waals surface area contributed by atoms with Crippen LogP contribution in [0.25, 0.3) is 11.3 Å². The molecule has 1 N–H and O–H groups in total. The number of nitrogens with one attached hydrogen (secondary N) is 1. The summed E-state index contributed by atoms with van der Waals surface area (Å²) in [6, 6.07) is 12.4. The highest BCUT2D eigenvalue weighted by Crippen LogP contribution is 2.29. The Bertz CT molecular complexity index is 925. The van der Waals surface area contributed by atoms with E-state index in [0.29, 0.717) is 39.6 Å². The van der Waals surface area contributed by atoms with Gasteiger partial charge in [-0.1, -0.05) is 35.3 Å². The summed E-state index contributed by atoms with van der Waals surface area (Å²) in [6.45, 7) is 0. The van der Waals surface area contributed by atoms with E-state index in [1.54, 1.807) is 37.6 Å². The molecule has 0 saturated carbocycles. The molecule has 0 bridgehead atoms. The van der Waals surface area contributed by atoms with Crippen LogP contribution < -0.4 is 10.1 Å². The molecule has 0 aliphatic heterocycles. The van der Waals surface area contributed by atoms with Crippen molar-refractivity contribution < 1.29 is 13.9 Å². The smallest absolute Gasteiger partial charge is 0.224 e. The largest absolute Gasteiger partial charge is 0.497 e. The van der Waals surface area contributed by atoms with Gasteiger partial charge in [-0.3, -0.25) is 4.79 Å². The van der Waals surface area contributed by atoms with Crippen molar-refractivity contribution >= 4 is 34.8 Å². The maximum absolute atomic E-state index is 12.1. The van der Waals surface area contributed by atoms with Gasteiger partial charge in [0, 0.05) is 24.5 Å². The first-order chi connectivity index (χ1) is 12.6. The number of anilines is 1. The van der Waals surface area contributed by atoms with Gasteiger partial charge >= 0.3 is 0 Å². The third-order valence-corrected chi connectivity index (χ3v) is 4.35. The number of hydrogen-bond donors (Lipinski definition) is 1. The van der Waals surface area contributed by atoms with Crippen LogP contribution in [0.5, 0.6) is 5.75 Å². The van der Waals surface area contributed by atoms with Crippen LogP contribution in [0.3, 0.4) is 0 Å². The van der Waals surface area contributed by atoms with Crippen molar-refractivity contribution in [3.63, 3.8) is 0 Å². The van der Waals surface area contributed by atoms with Crippen LogP contribution in [-0.4, -0.2) is 18.0 Å². The number of benzene rings is 2. The van der Waals surface area contributed by atoms with Crippen molar-refractivity contribution in [2.75, 3.05) is 12.4 Å². The van der Waals surface area contributed by atoms with Crippen molar-refractivity contribution in [2.24, 2.45) is 0 Å². The molecule has 3 aromatic rings. The molecule has 2 aromatic carbocycles. The highest BCUT2D eigenvalue weighted by molar-refractivity contribution is 6.34. The number of hydrogen-bond acceptors (Lipinski definition) is 4. The maximum Gasteiger partial charge on any atom is 0.224 e. The van der Waals surface area contributed by atoms with Crippen LogP contribution in [0.15, 0.2) is 53.1 Å². The molecule has 0 saturated heterocycles. The van der Waals surface area contributed by atoms with Crippen LogP contribution in [0.2, 0.25) is 10.0 Å². The van der Waals surface area contributed by atoms with E-state index in [4.69, 9.17) is 32.4 Å². The fourth-order valence-electron chi connectivity index (χ4n) is 2.37. The van der Waals surface area contributed by atoms with Gasteiger partial charge in [0.25, 0.3) is 0 Å². The van der Waals surface area contributed by atoms with Crippen LogP contribution in [0, 0.1) is 0 Å². The minimum atomic E-state index is -0.186. The van der Waals surface area contributed by atoms with Gasteiger partial charge in [-0.15, -0.1) is 0 Å². The number of nitrogens with zero attached hydrogens (tertiary/aromatic N) is 1. The standard InChI is InChI=1S/C19H16Cl2N2O3/c1-25-12-6-7-16(15(21)10-12)23-18(24)8-9-19-22-11-17(26-19)13-4-2-3-5-14(13)20/h2-7,10-11H,8-9H2,1H3,(H,23,24). The number of carbonyl (C=O) groups is 1. The summed E-state index contributed by atoms with van der Waals surface area (Å²) in [5.41, 5.74) is 1.30. The first kappa shape index (κ1) is 18.3. The van der Waals surface area contributed by atoms with Crippen LogP contribution in [0.1, 0.15) is 12.3 Å². The predicted octanol–water partition coefficient (Wildman–Crippen LogP) is 5.23. The van der Waals surface area contributed by atoms with Crippen molar-refractivity contribution in [1.82, 2.24) is 4.98 Å². The van der Waals surface area contributed by atoms with Crippen molar-refractivity contribution in [3.8, 4) is 17.1 Å². The number of aryl methyl sites for hydroxylation is 1.